The van der Waals surface area contributed by atoms with Crippen LogP contribution in [0.3, 0.4) is 0 Å². The van der Waals surface area contributed by atoms with Gasteiger partial charge in [-0.1, -0.05) is 129 Å². The van der Waals surface area contributed by atoms with Crippen LogP contribution in [0.2, 0.25) is 0 Å². The minimum Gasteiger partial charge on any atom is -0.208 e. The predicted molar refractivity (Wildman–Crippen MR) is 190 cm³/mol. The van der Waals surface area contributed by atoms with Crippen molar-refractivity contribution in [3.05, 3.63) is 156 Å². The van der Waals surface area contributed by atoms with E-state index < -0.39 is 0 Å². The third-order valence-electron chi connectivity index (χ3n) is 9.51. The lowest BCUT2D eigenvalue weighted by atomic mass is 9.82. The molecule has 8 rings (SSSR count). The van der Waals surface area contributed by atoms with Crippen LogP contribution in [0.4, 0.5) is 0 Å². The highest BCUT2D eigenvalue weighted by Gasteiger charge is 2.35. The molecule has 0 saturated heterocycles. The molecule has 0 atom stereocenters. The van der Waals surface area contributed by atoms with Gasteiger partial charge in [-0.2, -0.15) is 0 Å². The molecule has 0 fully saturated rings. The molecule has 1 heterocycles. The Bertz CT molecular complexity index is 2190. The van der Waals surface area contributed by atoms with Gasteiger partial charge in [0.25, 0.3) is 0 Å². The molecule has 2 aliphatic rings. The minimum absolute atomic E-state index is 0.00239. The molecular weight excluding hydrogens is 558 g/mol. The van der Waals surface area contributed by atoms with Gasteiger partial charge in [-0.25, -0.2) is 15.0 Å². The minimum atomic E-state index is 0.00239. The topological polar surface area (TPSA) is 38.7 Å². The number of fused-ring (bicyclic) bond motifs is 3. The lowest BCUT2D eigenvalue weighted by Crippen LogP contribution is -2.14. The lowest BCUT2D eigenvalue weighted by molar-refractivity contribution is 0.660. The van der Waals surface area contributed by atoms with Gasteiger partial charge in [-0.05, 0) is 88.0 Å². The number of hydrogen-bond donors (Lipinski definition) is 0. The Kier molecular flexibility index (Phi) is 6.83. The van der Waals surface area contributed by atoms with Crippen LogP contribution >= 0.6 is 0 Å². The van der Waals surface area contributed by atoms with E-state index in [0.29, 0.717) is 17.5 Å². The van der Waals surface area contributed by atoms with Crippen LogP contribution in [0.15, 0.2) is 133 Å². The normalized spacial score (nSPS) is 14.5. The van der Waals surface area contributed by atoms with Crippen LogP contribution in [-0.2, 0) is 5.41 Å². The summed E-state index contributed by atoms with van der Waals surface area (Å²) in [4.78, 5) is 14.9. The van der Waals surface area contributed by atoms with E-state index in [2.05, 4.69) is 136 Å². The van der Waals surface area contributed by atoms with Crippen LogP contribution in [-0.4, -0.2) is 15.0 Å². The molecule has 0 N–H and O–H groups in total. The Labute approximate surface area is 271 Å². The molecule has 0 radical (unpaired) electrons. The van der Waals surface area contributed by atoms with E-state index in [0.717, 1.165) is 35.1 Å². The first-order valence-electron chi connectivity index (χ1n) is 16.1. The second-order valence-corrected chi connectivity index (χ2v) is 12.9. The summed E-state index contributed by atoms with van der Waals surface area (Å²) in [6.07, 6.45) is 8.58. The van der Waals surface area contributed by atoms with E-state index in [4.69, 9.17) is 15.0 Å². The molecule has 0 saturated carbocycles. The molecule has 0 amide bonds. The molecule has 6 aromatic rings. The molecule has 0 unspecified atom stereocenters. The van der Waals surface area contributed by atoms with Crippen molar-refractivity contribution in [3.8, 4) is 56.2 Å². The smallest absolute Gasteiger partial charge is 0.164 e. The first kappa shape index (κ1) is 28.1. The molecule has 46 heavy (non-hydrogen) atoms. The number of hydrogen-bond acceptors (Lipinski definition) is 3. The van der Waals surface area contributed by atoms with Crippen molar-refractivity contribution in [2.24, 2.45) is 0 Å². The summed E-state index contributed by atoms with van der Waals surface area (Å²) in [6, 6.07) is 41.4. The first-order chi connectivity index (χ1) is 22.5. The van der Waals surface area contributed by atoms with Gasteiger partial charge in [0.05, 0.1) is 0 Å². The number of aryl methyl sites for hydroxylation is 1. The van der Waals surface area contributed by atoms with Gasteiger partial charge in [0.2, 0.25) is 0 Å². The van der Waals surface area contributed by atoms with E-state index in [1.54, 1.807) is 0 Å². The van der Waals surface area contributed by atoms with Gasteiger partial charge >= 0.3 is 0 Å². The summed E-state index contributed by atoms with van der Waals surface area (Å²) in [7, 11) is 0. The van der Waals surface area contributed by atoms with Crippen LogP contribution in [0.25, 0.3) is 61.7 Å². The third-order valence-corrected chi connectivity index (χ3v) is 9.51. The van der Waals surface area contributed by atoms with Gasteiger partial charge in [-0.15, -0.1) is 0 Å². The Morgan fingerprint density at radius 1 is 0.500 bits per heavy atom. The average molecular weight is 594 g/mol. The highest BCUT2D eigenvalue weighted by atomic mass is 15.0. The zero-order valence-electron chi connectivity index (χ0n) is 26.5. The van der Waals surface area contributed by atoms with Crippen molar-refractivity contribution < 1.29 is 0 Å². The van der Waals surface area contributed by atoms with Gasteiger partial charge in [-0.3, -0.25) is 0 Å². The summed E-state index contributed by atoms with van der Waals surface area (Å²) >= 11 is 0. The van der Waals surface area contributed by atoms with Crippen LogP contribution < -0.4 is 0 Å². The molecule has 0 spiro atoms. The standard InChI is InChI=1S/C43H35N3/c1-28-21-22-31(32-23-24-39-37(27-32)35-19-10-11-20-38(35)43(39,2)3)26-36(28)33-17-12-18-34(25-33)42-45-40(29-13-6-4-7-14-29)44-41(46-42)30-15-8-5-9-16-30/h4,6-8,10-27H,5,9H2,1-3H3. The van der Waals surface area contributed by atoms with Crippen LogP contribution in [0, 0.1) is 6.92 Å². The molecule has 5 aromatic carbocycles. The van der Waals surface area contributed by atoms with E-state index in [1.165, 1.54) is 44.5 Å². The number of aromatic nitrogens is 3. The highest BCUT2D eigenvalue weighted by Crippen LogP contribution is 2.49. The number of benzene rings is 5. The van der Waals surface area contributed by atoms with Gasteiger partial charge in [0.1, 0.15) is 0 Å². The van der Waals surface area contributed by atoms with Crippen molar-refractivity contribution in [3.63, 3.8) is 0 Å². The zero-order valence-corrected chi connectivity index (χ0v) is 26.5. The number of rotatable bonds is 5. The third kappa shape index (κ3) is 4.89. The summed E-state index contributed by atoms with van der Waals surface area (Å²) in [5.74, 6) is 2.08. The lowest BCUT2D eigenvalue weighted by Gasteiger charge is -2.21. The fourth-order valence-electron chi connectivity index (χ4n) is 6.97. The second-order valence-electron chi connectivity index (χ2n) is 12.9. The van der Waals surface area contributed by atoms with Crippen molar-refractivity contribution in [1.82, 2.24) is 15.0 Å². The maximum absolute atomic E-state index is 5.00. The maximum Gasteiger partial charge on any atom is 0.164 e. The monoisotopic (exact) mass is 593 g/mol. The Balaban J connectivity index is 1.20. The molecular formula is C43H35N3. The maximum atomic E-state index is 5.00. The van der Waals surface area contributed by atoms with E-state index in [1.807, 2.05) is 18.2 Å². The van der Waals surface area contributed by atoms with Crippen molar-refractivity contribution in [2.75, 3.05) is 0 Å². The number of allylic oxidation sites excluding steroid dienone is 4. The van der Waals surface area contributed by atoms with Crippen molar-refractivity contribution >= 4 is 5.57 Å². The molecule has 1 aromatic heterocycles. The summed E-state index contributed by atoms with van der Waals surface area (Å²) in [5, 5.41) is 0. The van der Waals surface area contributed by atoms with Crippen LogP contribution in [0.1, 0.15) is 49.2 Å². The van der Waals surface area contributed by atoms with Gasteiger partial charge in [0.15, 0.2) is 17.5 Å². The molecule has 0 aliphatic heterocycles. The quantitative estimate of drug-likeness (QED) is 0.200. The van der Waals surface area contributed by atoms with Gasteiger partial charge in [0, 0.05) is 22.1 Å². The van der Waals surface area contributed by atoms with E-state index >= 15 is 0 Å². The number of nitrogens with zero attached hydrogens (tertiary/aromatic N) is 3. The first-order valence-corrected chi connectivity index (χ1v) is 16.1. The molecule has 3 heteroatoms. The zero-order chi connectivity index (χ0) is 31.3. The van der Waals surface area contributed by atoms with E-state index in [9.17, 15) is 0 Å². The van der Waals surface area contributed by atoms with E-state index in [-0.39, 0.29) is 5.41 Å². The average Bonchev–Trinajstić information content (AvgIpc) is 3.34. The summed E-state index contributed by atoms with van der Waals surface area (Å²) < 4.78 is 0. The molecule has 2 aliphatic carbocycles. The van der Waals surface area contributed by atoms with Crippen LogP contribution in [0.5, 0.6) is 0 Å². The molecule has 0 bridgehead atoms. The Morgan fingerprint density at radius 2 is 1.15 bits per heavy atom. The second kappa shape index (κ2) is 11.2. The highest BCUT2D eigenvalue weighted by molar-refractivity contribution is 5.86. The molecule has 3 nitrogen and oxygen atoms in total. The Morgan fingerprint density at radius 3 is 1.96 bits per heavy atom. The summed E-state index contributed by atoms with van der Waals surface area (Å²) in [5.41, 5.74) is 14.5. The van der Waals surface area contributed by atoms with Crippen molar-refractivity contribution in [2.45, 2.75) is 39.0 Å². The fraction of sp³-hybridized carbons (Fsp3) is 0.140. The van der Waals surface area contributed by atoms with Gasteiger partial charge < -0.3 is 0 Å². The Hall–Kier alpha value is -5.41. The fourth-order valence-corrected chi connectivity index (χ4v) is 6.97. The SMILES string of the molecule is Cc1ccc(-c2ccc3c(c2)-c2ccccc2C3(C)C)cc1-c1cccc(-c2nc(C3=CCCC=C3)nc(-c3ccccc3)n2)c1. The molecule has 222 valence electrons. The summed E-state index contributed by atoms with van der Waals surface area (Å²) in [6.45, 7) is 6.84. The van der Waals surface area contributed by atoms with Crippen molar-refractivity contribution in [1.29, 1.82) is 0 Å². The largest absolute Gasteiger partial charge is 0.208 e. The predicted octanol–water partition coefficient (Wildman–Crippen LogP) is 10.9.